The summed E-state index contributed by atoms with van der Waals surface area (Å²) >= 11 is 0. The number of rotatable bonds is 9. The van der Waals surface area contributed by atoms with Crippen LogP contribution in [0, 0.1) is 11.8 Å². The molecule has 1 aromatic carbocycles. The summed E-state index contributed by atoms with van der Waals surface area (Å²) in [6.45, 7) is 4.28. The fraction of sp³-hybridized carbons (Fsp3) is 0.455. The van der Waals surface area contributed by atoms with Crippen molar-refractivity contribution in [3.05, 3.63) is 42.0 Å². The summed E-state index contributed by atoms with van der Waals surface area (Å²) in [5, 5.41) is 8.14. The maximum atomic E-state index is 12.7. The number of carbonyl (C=O) groups is 4. The highest BCUT2D eigenvalue weighted by atomic mass is 16.2. The molecule has 3 amide bonds. The first-order valence-electron chi connectivity index (χ1n) is 9.97. The molecule has 29 heavy (non-hydrogen) atoms. The lowest BCUT2D eigenvalue weighted by Crippen LogP contribution is -2.53. The molecule has 7 heteroatoms. The summed E-state index contributed by atoms with van der Waals surface area (Å²) in [5.41, 5.74) is 0.875. The van der Waals surface area contributed by atoms with E-state index in [1.165, 1.54) is 6.08 Å². The topological polar surface area (TPSA) is 104 Å². The number of aldehydes is 1. The fourth-order valence-corrected chi connectivity index (χ4v) is 3.26. The lowest BCUT2D eigenvalue weighted by Gasteiger charge is -2.26. The van der Waals surface area contributed by atoms with Gasteiger partial charge >= 0.3 is 0 Å². The van der Waals surface area contributed by atoms with Crippen molar-refractivity contribution in [1.82, 2.24) is 16.0 Å². The second-order valence-electron chi connectivity index (χ2n) is 7.59. The van der Waals surface area contributed by atoms with E-state index in [1.54, 1.807) is 6.08 Å². The van der Waals surface area contributed by atoms with E-state index in [0.717, 1.165) is 12.0 Å². The van der Waals surface area contributed by atoms with Crippen molar-refractivity contribution >= 4 is 30.1 Å². The molecule has 0 saturated carbocycles. The molecule has 7 nitrogen and oxygen atoms in total. The Morgan fingerprint density at radius 1 is 1.21 bits per heavy atom. The number of hydrogen-bond acceptors (Lipinski definition) is 4. The molecule has 1 fully saturated rings. The van der Waals surface area contributed by atoms with E-state index in [4.69, 9.17) is 0 Å². The second kappa shape index (κ2) is 11.1. The van der Waals surface area contributed by atoms with Crippen LogP contribution in [0.2, 0.25) is 0 Å². The van der Waals surface area contributed by atoms with Gasteiger partial charge in [-0.15, -0.1) is 0 Å². The first-order valence-corrected chi connectivity index (χ1v) is 9.97. The summed E-state index contributed by atoms with van der Waals surface area (Å²) < 4.78 is 0. The minimum Gasteiger partial charge on any atom is -0.356 e. The van der Waals surface area contributed by atoms with E-state index in [1.807, 2.05) is 44.2 Å². The molecule has 2 rings (SSSR count). The van der Waals surface area contributed by atoms with Crippen LogP contribution in [0.3, 0.4) is 0 Å². The lowest BCUT2D eigenvalue weighted by molar-refractivity contribution is -0.131. The number of nitrogens with one attached hydrogen (secondary N) is 3. The van der Waals surface area contributed by atoms with Crippen LogP contribution < -0.4 is 16.0 Å². The third kappa shape index (κ3) is 7.18. The predicted molar refractivity (Wildman–Crippen MR) is 111 cm³/mol. The van der Waals surface area contributed by atoms with Crippen molar-refractivity contribution < 1.29 is 19.2 Å². The van der Waals surface area contributed by atoms with Crippen molar-refractivity contribution in [2.45, 2.75) is 45.2 Å². The van der Waals surface area contributed by atoms with Crippen LogP contribution >= 0.6 is 0 Å². The second-order valence-corrected chi connectivity index (χ2v) is 7.59. The first kappa shape index (κ1) is 22.3. The van der Waals surface area contributed by atoms with Crippen LogP contribution in [0.25, 0.3) is 6.08 Å². The molecule has 0 spiro atoms. The van der Waals surface area contributed by atoms with Crippen molar-refractivity contribution in [3.8, 4) is 0 Å². The zero-order valence-electron chi connectivity index (χ0n) is 16.9. The maximum Gasteiger partial charge on any atom is 0.244 e. The van der Waals surface area contributed by atoms with Crippen LogP contribution in [-0.4, -0.2) is 42.6 Å². The van der Waals surface area contributed by atoms with E-state index < -0.39 is 23.9 Å². The number of carbonyl (C=O) groups excluding carboxylic acids is 4. The highest BCUT2D eigenvalue weighted by Gasteiger charge is 2.29. The summed E-state index contributed by atoms with van der Waals surface area (Å²) in [6.07, 6.45) is 5.50. The largest absolute Gasteiger partial charge is 0.356 e. The van der Waals surface area contributed by atoms with Gasteiger partial charge in [0.15, 0.2) is 0 Å². The van der Waals surface area contributed by atoms with Gasteiger partial charge in [-0.25, -0.2) is 0 Å². The molecule has 1 aromatic rings. The maximum absolute atomic E-state index is 12.7. The minimum atomic E-state index is -0.787. The Balaban J connectivity index is 1.94. The molecule has 0 aliphatic carbocycles. The predicted octanol–water partition coefficient (Wildman–Crippen LogP) is 1.44. The molecule has 3 atom stereocenters. The fourth-order valence-electron chi connectivity index (χ4n) is 3.26. The Morgan fingerprint density at radius 2 is 1.93 bits per heavy atom. The third-order valence-electron chi connectivity index (χ3n) is 4.90. The van der Waals surface area contributed by atoms with E-state index in [9.17, 15) is 19.2 Å². The van der Waals surface area contributed by atoms with Crippen LogP contribution in [0.4, 0.5) is 0 Å². The zero-order valence-corrected chi connectivity index (χ0v) is 16.9. The van der Waals surface area contributed by atoms with Gasteiger partial charge in [0.2, 0.25) is 17.7 Å². The SMILES string of the molecule is CC(C)[C@H](NC(=O)/C=C/c1ccccc1)C(=O)N[C@H](C=O)C[C@@H]1CCCNC1=O. The van der Waals surface area contributed by atoms with Crippen LogP contribution in [0.1, 0.15) is 38.7 Å². The highest BCUT2D eigenvalue weighted by Crippen LogP contribution is 2.17. The van der Waals surface area contributed by atoms with Gasteiger partial charge in [-0.05, 0) is 36.8 Å². The van der Waals surface area contributed by atoms with E-state index in [0.29, 0.717) is 19.3 Å². The Bertz CT molecular complexity index is 746. The highest BCUT2D eigenvalue weighted by molar-refractivity contribution is 5.96. The standard InChI is InChI=1S/C22H29N3O4/c1-15(2)20(25-19(27)11-10-16-7-4-3-5-8-16)22(29)24-18(14-26)13-17-9-6-12-23-21(17)28/h3-5,7-8,10-11,14-15,17-18,20H,6,9,12-13H2,1-2H3,(H,23,28)(H,24,29)(H,25,27)/b11-10+/t17-,18-,20-/m0/s1. The summed E-state index contributed by atoms with van der Waals surface area (Å²) in [4.78, 5) is 48.3. The Labute approximate surface area is 171 Å². The third-order valence-corrected chi connectivity index (χ3v) is 4.90. The van der Waals surface area contributed by atoms with Gasteiger partial charge < -0.3 is 20.7 Å². The van der Waals surface area contributed by atoms with Crippen molar-refractivity contribution in [1.29, 1.82) is 0 Å². The van der Waals surface area contributed by atoms with Gasteiger partial charge in [-0.1, -0.05) is 44.2 Å². The molecule has 1 aliphatic rings. The molecule has 1 heterocycles. The van der Waals surface area contributed by atoms with Crippen molar-refractivity contribution in [2.24, 2.45) is 11.8 Å². The van der Waals surface area contributed by atoms with E-state index >= 15 is 0 Å². The molecular formula is C22H29N3O4. The average molecular weight is 399 g/mol. The first-order chi connectivity index (χ1) is 13.9. The molecule has 1 aliphatic heterocycles. The quantitative estimate of drug-likeness (QED) is 0.432. The number of benzene rings is 1. The molecule has 3 N–H and O–H groups in total. The van der Waals surface area contributed by atoms with E-state index in [-0.39, 0.29) is 24.2 Å². The molecule has 0 bridgehead atoms. The molecule has 1 saturated heterocycles. The van der Waals surface area contributed by atoms with Gasteiger partial charge in [0.05, 0.1) is 6.04 Å². The zero-order chi connectivity index (χ0) is 21.2. The van der Waals surface area contributed by atoms with Gasteiger partial charge in [-0.3, -0.25) is 14.4 Å². The smallest absolute Gasteiger partial charge is 0.244 e. The summed E-state index contributed by atoms with van der Waals surface area (Å²) in [6, 6.07) is 7.80. The van der Waals surface area contributed by atoms with Gasteiger partial charge in [0.25, 0.3) is 0 Å². The Hall–Kier alpha value is -2.96. The normalized spacial score (nSPS) is 18.7. The van der Waals surface area contributed by atoms with Gasteiger partial charge in [0, 0.05) is 18.5 Å². The molecule has 0 aromatic heterocycles. The molecule has 0 unspecified atom stereocenters. The summed E-state index contributed by atoms with van der Waals surface area (Å²) in [7, 11) is 0. The van der Waals surface area contributed by atoms with Crippen LogP contribution in [0.5, 0.6) is 0 Å². The average Bonchev–Trinajstić information content (AvgIpc) is 2.71. The lowest BCUT2D eigenvalue weighted by atomic mass is 9.91. The number of amides is 3. The minimum absolute atomic E-state index is 0.0860. The number of piperidine rings is 1. The summed E-state index contributed by atoms with van der Waals surface area (Å²) in [5.74, 6) is -1.38. The molecule has 156 valence electrons. The van der Waals surface area contributed by atoms with Gasteiger partial charge in [-0.2, -0.15) is 0 Å². The van der Waals surface area contributed by atoms with Crippen molar-refractivity contribution in [3.63, 3.8) is 0 Å². The Morgan fingerprint density at radius 3 is 2.55 bits per heavy atom. The molecule has 0 radical (unpaired) electrons. The number of hydrogen-bond donors (Lipinski definition) is 3. The van der Waals surface area contributed by atoms with Gasteiger partial charge in [0.1, 0.15) is 12.3 Å². The Kier molecular flexibility index (Phi) is 8.58. The van der Waals surface area contributed by atoms with Crippen molar-refractivity contribution in [2.75, 3.05) is 6.54 Å². The van der Waals surface area contributed by atoms with Crippen LogP contribution in [-0.2, 0) is 19.2 Å². The van der Waals surface area contributed by atoms with E-state index in [2.05, 4.69) is 16.0 Å². The molecular weight excluding hydrogens is 370 g/mol. The monoisotopic (exact) mass is 399 g/mol. The van der Waals surface area contributed by atoms with Crippen LogP contribution in [0.15, 0.2) is 36.4 Å².